The summed E-state index contributed by atoms with van der Waals surface area (Å²) in [6.45, 7) is 1.86. The molecule has 1 aliphatic carbocycles. The Morgan fingerprint density at radius 3 is 2.76 bits per heavy atom. The molecule has 0 spiro atoms. The fraction of sp³-hybridized carbons (Fsp3) is 0.346. The van der Waals surface area contributed by atoms with E-state index in [0.717, 1.165) is 48.2 Å². The molecule has 2 unspecified atom stereocenters. The zero-order valence-electron chi connectivity index (χ0n) is 18.9. The van der Waals surface area contributed by atoms with Gasteiger partial charge in [-0.05, 0) is 55.5 Å². The smallest absolute Gasteiger partial charge is 0.204 e. The quantitative estimate of drug-likeness (QED) is 0.289. The molecule has 0 radical (unpaired) electrons. The lowest BCUT2D eigenvalue weighted by Gasteiger charge is -2.31. The number of hydrogen-bond donors (Lipinski definition) is 0. The van der Waals surface area contributed by atoms with Crippen molar-refractivity contribution in [3.05, 3.63) is 65.1 Å². The Bertz CT molecular complexity index is 1340. The van der Waals surface area contributed by atoms with Gasteiger partial charge in [0.25, 0.3) is 0 Å². The Morgan fingerprint density at radius 1 is 1.15 bits per heavy atom. The Labute approximate surface area is 202 Å². The van der Waals surface area contributed by atoms with Crippen LogP contribution in [0.5, 0.6) is 0 Å². The number of ketones is 2. The van der Waals surface area contributed by atoms with Crippen LogP contribution in [0.3, 0.4) is 0 Å². The monoisotopic (exact) mass is 476 g/mol. The van der Waals surface area contributed by atoms with E-state index in [2.05, 4.69) is 14.7 Å². The van der Waals surface area contributed by atoms with Crippen molar-refractivity contribution < 1.29 is 14.1 Å². The maximum absolute atomic E-state index is 12.7. The molecule has 1 saturated carbocycles. The Hall–Kier alpha value is -3.32. The average molecular weight is 477 g/mol. The fourth-order valence-corrected chi connectivity index (χ4v) is 5.09. The number of rotatable bonds is 7. The number of aromatic nitrogens is 4. The highest BCUT2D eigenvalue weighted by Gasteiger charge is 2.29. The molecule has 3 aromatic heterocycles. The third kappa shape index (κ3) is 4.40. The standard InChI is InChI=1S/C26H25ClN4O3/c1-2-22(32)17-9-10-21-20(14-17)29-26(19-8-3-4-11-28-19)31(21)18-7-5-6-16(12-18)13-23(33)24-15-25(27)30-34-24/h3-4,8-11,14-16,18H,2,5-7,12-13H2,1H3. The molecule has 34 heavy (non-hydrogen) atoms. The van der Waals surface area contributed by atoms with Crippen LogP contribution in [-0.2, 0) is 0 Å². The van der Waals surface area contributed by atoms with Crippen molar-refractivity contribution in [1.29, 1.82) is 0 Å². The number of Topliss-reactive ketones (excluding diaryl/α,β-unsaturated/α-hetero) is 2. The van der Waals surface area contributed by atoms with Gasteiger partial charge in [-0.25, -0.2) is 4.98 Å². The van der Waals surface area contributed by atoms with Gasteiger partial charge in [-0.3, -0.25) is 14.6 Å². The van der Waals surface area contributed by atoms with Crippen molar-refractivity contribution in [1.82, 2.24) is 19.7 Å². The van der Waals surface area contributed by atoms with Crippen LogP contribution in [0.4, 0.5) is 0 Å². The molecule has 8 heteroatoms. The first-order valence-corrected chi connectivity index (χ1v) is 12.0. The number of halogens is 1. The maximum Gasteiger partial charge on any atom is 0.204 e. The van der Waals surface area contributed by atoms with Gasteiger partial charge in [0.2, 0.25) is 11.5 Å². The summed E-state index contributed by atoms with van der Waals surface area (Å²) in [5, 5.41) is 3.81. The van der Waals surface area contributed by atoms with Crippen LogP contribution in [0.15, 0.2) is 53.2 Å². The number of pyridine rings is 1. The number of imidazole rings is 1. The van der Waals surface area contributed by atoms with Gasteiger partial charge >= 0.3 is 0 Å². The van der Waals surface area contributed by atoms with Gasteiger partial charge in [0, 0.05) is 36.7 Å². The van der Waals surface area contributed by atoms with Gasteiger partial charge in [0.05, 0.1) is 11.0 Å². The van der Waals surface area contributed by atoms with Crippen LogP contribution in [0.2, 0.25) is 5.15 Å². The predicted octanol–water partition coefficient (Wildman–Crippen LogP) is 6.34. The highest BCUT2D eigenvalue weighted by atomic mass is 35.5. The molecule has 5 rings (SSSR count). The summed E-state index contributed by atoms with van der Waals surface area (Å²) in [7, 11) is 0. The molecule has 0 aliphatic heterocycles. The number of nitrogens with zero attached hydrogens (tertiary/aromatic N) is 4. The van der Waals surface area contributed by atoms with Crippen molar-refractivity contribution in [2.24, 2.45) is 5.92 Å². The van der Waals surface area contributed by atoms with Gasteiger partial charge in [0.1, 0.15) is 5.69 Å². The lowest BCUT2D eigenvalue weighted by Crippen LogP contribution is -2.22. The summed E-state index contributed by atoms with van der Waals surface area (Å²) in [5.74, 6) is 1.23. The first kappa shape index (κ1) is 22.5. The summed E-state index contributed by atoms with van der Waals surface area (Å²) < 4.78 is 7.31. The van der Waals surface area contributed by atoms with Crippen molar-refractivity contribution in [2.45, 2.75) is 51.5 Å². The molecule has 174 valence electrons. The average Bonchev–Trinajstić information content (AvgIpc) is 3.47. The molecule has 2 atom stereocenters. The van der Waals surface area contributed by atoms with Crippen LogP contribution >= 0.6 is 11.6 Å². The van der Waals surface area contributed by atoms with E-state index in [-0.39, 0.29) is 34.4 Å². The number of fused-ring (bicyclic) bond motifs is 1. The molecular weight excluding hydrogens is 452 g/mol. The lowest BCUT2D eigenvalue weighted by atomic mass is 9.82. The van der Waals surface area contributed by atoms with Crippen LogP contribution in [0, 0.1) is 5.92 Å². The predicted molar refractivity (Wildman–Crippen MR) is 129 cm³/mol. The second-order valence-electron chi connectivity index (χ2n) is 8.83. The Morgan fingerprint density at radius 2 is 2.03 bits per heavy atom. The van der Waals surface area contributed by atoms with E-state index in [1.165, 1.54) is 6.07 Å². The van der Waals surface area contributed by atoms with E-state index >= 15 is 0 Å². The molecule has 0 saturated heterocycles. The lowest BCUT2D eigenvalue weighted by molar-refractivity contribution is 0.0904. The number of benzene rings is 1. The van der Waals surface area contributed by atoms with E-state index in [1.54, 1.807) is 6.20 Å². The second kappa shape index (κ2) is 9.50. The van der Waals surface area contributed by atoms with Crippen LogP contribution in [0.25, 0.3) is 22.6 Å². The minimum atomic E-state index is -0.0757. The molecule has 7 nitrogen and oxygen atoms in total. The molecule has 3 heterocycles. The number of carbonyl (C=O) groups excluding carboxylic acids is 2. The highest BCUT2D eigenvalue weighted by Crippen LogP contribution is 2.39. The number of hydrogen-bond acceptors (Lipinski definition) is 6. The van der Waals surface area contributed by atoms with Crippen molar-refractivity contribution >= 4 is 34.2 Å². The fourth-order valence-electron chi connectivity index (χ4n) is 4.95. The van der Waals surface area contributed by atoms with Gasteiger partial charge < -0.3 is 9.09 Å². The molecule has 1 aliphatic rings. The van der Waals surface area contributed by atoms with E-state index in [9.17, 15) is 9.59 Å². The van der Waals surface area contributed by atoms with Crippen LogP contribution in [-0.4, -0.2) is 31.3 Å². The van der Waals surface area contributed by atoms with Crippen molar-refractivity contribution in [3.8, 4) is 11.5 Å². The molecule has 4 aromatic rings. The number of carbonyl (C=O) groups is 2. The van der Waals surface area contributed by atoms with Gasteiger partial charge in [-0.1, -0.05) is 36.2 Å². The maximum atomic E-state index is 12.7. The summed E-state index contributed by atoms with van der Waals surface area (Å²) in [4.78, 5) is 34.4. The normalized spacial score (nSPS) is 18.3. The first-order valence-electron chi connectivity index (χ1n) is 11.7. The van der Waals surface area contributed by atoms with Gasteiger partial charge in [-0.15, -0.1) is 0 Å². The van der Waals surface area contributed by atoms with Gasteiger partial charge in [-0.2, -0.15) is 0 Å². The zero-order chi connectivity index (χ0) is 23.7. The Kier molecular flexibility index (Phi) is 6.28. The van der Waals surface area contributed by atoms with Crippen LogP contribution < -0.4 is 0 Å². The summed E-state index contributed by atoms with van der Waals surface area (Å²) in [5.41, 5.74) is 3.23. The molecule has 1 fully saturated rings. The third-order valence-electron chi connectivity index (χ3n) is 6.58. The van der Waals surface area contributed by atoms with Crippen molar-refractivity contribution in [2.75, 3.05) is 0 Å². The summed E-state index contributed by atoms with van der Waals surface area (Å²) in [6.07, 6.45) is 6.42. The topological polar surface area (TPSA) is 90.9 Å². The van der Waals surface area contributed by atoms with Gasteiger partial charge in [0.15, 0.2) is 16.8 Å². The van der Waals surface area contributed by atoms with E-state index in [1.807, 2.05) is 43.3 Å². The first-order chi connectivity index (χ1) is 16.5. The minimum absolute atomic E-state index is 0.0757. The van der Waals surface area contributed by atoms with E-state index in [0.29, 0.717) is 18.4 Å². The summed E-state index contributed by atoms with van der Waals surface area (Å²) >= 11 is 5.81. The SMILES string of the molecule is CCC(=O)c1ccc2c(c1)nc(-c1ccccn1)n2C1CCCC(CC(=O)c2cc(Cl)no2)C1. The molecule has 0 amide bonds. The largest absolute Gasteiger partial charge is 0.352 e. The third-order valence-corrected chi connectivity index (χ3v) is 6.76. The second-order valence-corrected chi connectivity index (χ2v) is 9.22. The molecule has 0 N–H and O–H groups in total. The Balaban J connectivity index is 1.49. The molecule has 0 bridgehead atoms. The van der Waals surface area contributed by atoms with E-state index in [4.69, 9.17) is 21.1 Å². The summed E-state index contributed by atoms with van der Waals surface area (Å²) in [6, 6.07) is 13.2. The zero-order valence-corrected chi connectivity index (χ0v) is 19.7. The van der Waals surface area contributed by atoms with Crippen LogP contribution in [0.1, 0.15) is 72.4 Å². The van der Waals surface area contributed by atoms with E-state index < -0.39 is 0 Å². The minimum Gasteiger partial charge on any atom is -0.352 e. The van der Waals surface area contributed by atoms with Crippen molar-refractivity contribution in [3.63, 3.8) is 0 Å². The molecule has 1 aromatic carbocycles. The highest BCUT2D eigenvalue weighted by molar-refractivity contribution is 6.29. The molecular formula is C26H25ClN4O3.